The first-order valence-electron chi connectivity index (χ1n) is 8.36. The number of nitrogens with one attached hydrogen (secondary N) is 1. The van der Waals surface area contributed by atoms with Crippen LogP contribution in [0.15, 0.2) is 29.1 Å². The number of carboxylic acids is 2. The van der Waals surface area contributed by atoms with E-state index in [1.807, 2.05) is 13.0 Å². The number of fused-ring (bicyclic) bond motifs is 3. The van der Waals surface area contributed by atoms with Gasteiger partial charge in [-0.05, 0) is 55.1 Å². The van der Waals surface area contributed by atoms with Gasteiger partial charge < -0.3 is 15.9 Å². The van der Waals surface area contributed by atoms with Gasteiger partial charge in [0.25, 0.3) is 0 Å². The van der Waals surface area contributed by atoms with Crippen molar-refractivity contribution in [3.05, 3.63) is 45.7 Å². The Bertz CT molecular complexity index is 1130. The van der Waals surface area contributed by atoms with Crippen molar-refractivity contribution in [2.45, 2.75) is 26.1 Å². The molecule has 0 aliphatic heterocycles. The van der Waals surface area contributed by atoms with Gasteiger partial charge in [0.1, 0.15) is 0 Å². The lowest BCUT2D eigenvalue weighted by molar-refractivity contribution is -0.192. The zero-order valence-corrected chi connectivity index (χ0v) is 15.2. The average Bonchev–Trinajstić information content (AvgIpc) is 2.98. The molecule has 0 aliphatic rings. The van der Waals surface area contributed by atoms with Crippen molar-refractivity contribution in [3.63, 3.8) is 0 Å². The van der Waals surface area contributed by atoms with Crippen LogP contribution in [0.5, 0.6) is 0 Å². The van der Waals surface area contributed by atoms with Crippen molar-refractivity contribution < 1.29 is 33.0 Å². The topological polar surface area (TPSA) is 138 Å². The van der Waals surface area contributed by atoms with E-state index >= 15 is 0 Å². The number of H-pyrrole nitrogens is 1. The molecule has 0 amide bonds. The van der Waals surface area contributed by atoms with E-state index < -0.39 is 18.1 Å². The van der Waals surface area contributed by atoms with Gasteiger partial charge in [0, 0.05) is 17.3 Å². The molecule has 5 N–H and O–H groups in total. The Morgan fingerprint density at radius 1 is 1.14 bits per heavy atom. The van der Waals surface area contributed by atoms with E-state index in [0.29, 0.717) is 24.9 Å². The number of halogens is 3. The van der Waals surface area contributed by atoms with Gasteiger partial charge in [-0.25, -0.2) is 9.59 Å². The lowest BCUT2D eigenvalue weighted by atomic mass is 10.0. The molecule has 11 heteroatoms. The number of aromatic nitrogens is 2. The third-order valence-corrected chi connectivity index (χ3v) is 4.12. The highest BCUT2D eigenvalue weighted by Crippen LogP contribution is 2.29. The van der Waals surface area contributed by atoms with E-state index in [1.54, 1.807) is 16.8 Å². The minimum Gasteiger partial charge on any atom is -0.477 e. The molecule has 0 spiro atoms. The second-order valence-electron chi connectivity index (χ2n) is 6.19. The Hall–Kier alpha value is -3.34. The van der Waals surface area contributed by atoms with Crippen LogP contribution in [0.1, 0.15) is 22.5 Å². The highest BCUT2D eigenvalue weighted by Gasteiger charge is 2.38. The molecule has 1 heterocycles. The van der Waals surface area contributed by atoms with Crippen LogP contribution in [0.3, 0.4) is 0 Å². The summed E-state index contributed by atoms with van der Waals surface area (Å²) in [5.74, 6) is -3.74. The Morgan fingerprint density at radius 3 is 2.28 bits per heavy atom. The summed E-state index contributed by atoms with van der Waals surface area (Å²) in [5, 5.41) is 22.1. The van der Waals surface area contributed by atoms with Crippen molar-refractivity contribution in [3.8, 4) is 0 Å². The molecule has 156 valence electrons. The van der Waals surface area contributed by atoms with Crippen molar-refractivity contribution in [1.29, 1.82) is 0 Å². The molecule has 1 aromatic heterocycles. The smallest absolute Gasteiger partial charge is 0.477 e. The quantitative estimate of drug-likeness (QED) is 0.518. The van der Waals surface area contributed by atoms with Gasteiger partial charge in [-0.3, -0.25) is 14.6 Å². The van der Waals surface area contributed by atoms with E-state index in [1.165, 1.54) is 6.07 Å². The average molecular weight is 413 g/mol. The number of rotatable bonds is 4. The zero-order chi connectivity index (χ0) is 21.9. The standard InChI is InChI=1S/C16H17N3O3.C2HF3O2/c1-9-7-13-14(11-4-3-10(20)8-12(9)11)18-19(6-2-5-17)15(13)16(21)22;3-2(4,5)1(6)7/h3-4,7-8,18H,2,5-6,17H2,1H3,(H,21,22);(H,6,7). The monoisotopic (exact) mass is 413 g/mol. The van der Waals surface area contributed by atoms with Gasteiger partial charge in [-0.15, -0.1) is 0 Å². The lowest BCUT2D eigenvalue weighted by Gasteiger charge is -2.04. The van der Waals surface area contributed by atoms with Crippen LogP contribution in [0.4, 0.5) is 13.2 Å². The molecule has 3 aromatic rings. The minimum absolute atomic E-state index is 0.0593. The first kappa shape index (κ1) is 22.0. The maximum absolute atomic E-state index is 11.6. The van der Waals surface area contributed by atoms with Crippen molar-refractivity contribution in [2.75, 3.05) is 6.54 Å². The van der Waals surface area contributed by atoms with Gasteiger partial charge >= 0.3 is 18.1 Å². The third-order valence-electron chi connectivity index (χ3n) is 4.12. The number of nitrogens with zero attached hydrogens (tertiary/aromatic N) is 1. The number of hydrogen-bond donors (Lipinski definition) is 4. The predicted molar refractivity (Wildman–Crippen MR) is 99.1 cm³/mol. The Balaban J connectivity index is 0.000000370. The molecule has 2 aromatic carbocycles. The van der Waals surface area contributed by atoms with Crippen LogP contribution < -0.4 is 11.2 Å². The fourth-order valence-electron chi connectivity index (χ4n) is 2.87. The molecule has 0 unspecified atom stereocenters. The van der Waals surface area contributed by atoms with Crippen LogP contribution in [-0.4, -0.2) is 44.7 Å². The van der Waals surface area contributed by atoms with Crippen LogP contribution in [-0.2, 0) is 11.3 Å². The molecule has 0 atom stereocenters. The van der Waals surface area contributed by atoms with Crippen LogP contribution >= 0.6 is 0 Å². The molecule has 0 fully saturated rings. The number of aliphatic carboxylic acids is 1. The van der Waals surface area contributed by atoms with Crippen LogP contribution in [0.2, 0.25) is 0 Å². The second kappa shape index (κ2) is 8.35. The maximum Gasteiger partial charge on any atom is 0.490 e. The molecule has 8 nitrogen and oxygen atoms in total. The molecular formula is C18H18F3N3O5. The first-order chi connectivity index (χ1) is 13.5. The van der Waals surface area contributed by atoms with E-state index in [4.69, 9.17) is 15.6 Å². The van der Waals surface area contributed by atoms with Crippen molar-refractivity contribution >= 4 is 33.6 Å². The number of aryl methyl sites for hydroxylation is 2. The summed E-state index contributed by atoms with van der Waals surface area (Å²) < 4.78 is 33.4. The summed E-state index contributed by atoms with van der Waals surface area (Å²) in [6.45, 7) is 2.87. The van der Waals surface area contributed by atoms with E-state index in [0.717, 1.165) is 21.9 Å². The molecule has 3 rings (SSSR count). The number of hydrogen-bond acceptors (Lipinski definition) is 4. The highest BCUT2D eigenvalue weighted by molar-refractivity contribution is 6.12. The molecule has 0 saturated heterocycles. The summed E-state index contributed by atoms with van der Waals surface area (Å²) in [7, 11) is 0. The number of carbonyl (C=O) groups is 2. The van der Waals surface area contributed by atoms with E-state index in [-0.39, 0.29) is 11.1 Å². The third kappa shape index (κ3) is 4.74. The largest absolute Gasteiger partial charge is 0.490 e. The second-order valence-corrected chi connectivity index (χ2v) is 6.19. The molecule has 0 radical (unpaired) electrons. The summed E-state index contributed by atoms with van der Waals surface area (Å²) >= 11 is 0. The summed E-state index contributed by atoms with van der Waals surface area (Å²) in [5.41, 5.74) is 7.29. The Morgan fingerprint density at radius 2 is 1.76 bits per heavy atom. The summed E-state index contributed by atoms with van der Waals surface area (Å²) in [4.78, 5) is 32.1. The molecule has 0 bridgehead atoms. The Kier molecular flexibility index (Phi) is 6.32. The van der Waals surface area contributed by atoms with Crippen LogP contribution in [0, 0.1) is 6.92 Å². The predicted octanol–water partition coefficient (Wildman–Crippen LogP) is 2.47. The van der Waals surface area contributed by atoms with E-state index in [9.17, 15) is 27.9 Å². The van der Waals surface area contributed by atoms with Crippen molar-refractivity contribution in [2.24, 2.45) is 5.73 Å². The normalized spacial score (nSPS) is 11.3. The number of aromatic carboxylic acids is 1. The number of alkyl halides is 3. The van der Waals surface area contributed by atoms with Gasteiger partial charge in [-0.1, -0.05) is 0 Å². The highest BCUT2D eigenvalue weighted by atomic mass is 19.4. The number of nitrogens with two attached hydrogens (primary N) is 1. The van der Waals surface area contributed by atoms with Crippen molar-refractivity contribution in [1.82, 2.24) is 9.78 Å². The lowest BCUT2D eigenvalue weighted by Crippen LogP contribution is -2.21. The van der Waals surface area contributed by atoms with Crippen LogP contribution in [0.25, 0.3) is 21.7 Å². The summed E-state index contributed by atoms with van der Waals surface area (Å²) in [6, 6.07) is 6.63. The van der Waals surface area contributed by atoms with Gasteiger partial charge in [-0.2, -0.15) is 13.2 Å². The first-order valence-corrected chi connectivity index (χ1v) is 8.36. The summed E-state index contributed by atoms with van der Waals surface area (Å²) in [6.07, 6.45) is -4.40. The van der Waals surface area contributed by atoms with Gasteiger partial charge in [0.2, 0.25) is 0 Å². The fraction of sp³-hybridized carbons (Fsp3) is 0.278. The molecular weight excluding hydrogens is 395 g/mol. The number of benzene rings is 2. The minimum atomic E-state index is -5.08. The van der Waals surface area contributed by atoms with Gasteiger partial charge in [0.15, 0.2) is 11.1 Å². The zero-order valence-electron chi connectivity index (χ0n) is 15.2. The Labute approximate surface area is 161 Å². The number of aromatic amines is 1. The fourth-order valence-corrected chi connectivity index (χ4v) is 2.87. The van der Waals surface area contributed by atoms with E-state index in [2.05, 4.69) is 5.10 Å². The number of carboxylic acid groups (broad SMARTS) is 2. The van der Waals surface area contributed by atoms with Gasteiger partial charge in [0.05, 0.1) is 5.52 Å². The SMILES string of the molecule is Cc1cc2c(C(=O)O)n(CCCN)[nH]c2c2ccc(=O)cc12.O=C(O)C(F)(F)F. The molecule has 29 heavy (non-hydrogen) atoms. The molecule has 0 aliphatic carbocycles. The maximum atomic E-state index is 11.6. The molecule has 0 saturated carbocycles.